The molecular formula is C29H30N4O3S2. The Kier molecular flexibility index (Phi) is 6.98. The molecule has 0 aliphatic carbocycles. The van der Waals surface area contributed by atoms with E-state index in [0.29, 0.717) is 20.6 Å². The Morgan fingerprint density at radius 3 is 2.53 bits per heavy atom. The number of thiazole rings is 1. The van der Waals surface area contributed by atoms with E-state index in [1.54, 1.807) is 18.4 Å². The van der Waals surface area contributed by atoms with Crippen molar-refractivity contribution in [3.05, 3.63) is 101 Å². The number of carbonyl (C=O) groups excluding carboxylic acids is 1. The third kappa shape index (κ3) is 4.46. The SMILES string of the molecule is CCOC(=O)C1=C(C)N=c2s/c(=C/c3cc(C)n(-c4ccc(N(C)C)cc4)c3C)c(=O)n2[C@@H]1c1cccs1. The highest BCUT2D eigenvalue weighted by Crippen LogP contribution is 2.33. The van der Waals surface area contributed by atoms with E-state index in [0.717, 1.165) is 33.2 Å². The molecule has 0 spiro atoms. The lowest BCUT2D eigenvalue weighted by molar-refractivity contribution is -0.139. The minimum Gasteiger partial charge on any atom is -0.463 e. The van der Waals surface area contributed by atoms with Gasteiger partial charge in [-0.1, -0.05) is 17.4 Å². The van der Waals surface area contributed by atoms with Crippen LogP contribution in [0.3, 0.4) is 0 Å². The zero-order valence-corrected chi connectivity index (χ0v) is 23.9. The van der Waals surface area contributed by atoms with Crippen molar-refractivity contribution in [1.29, 1.82) is 0 Å². The zero-order chi connectivity index (χ0) is 27.1. The molecule has 0 unspecified atom stereocenters. The number of thiophene rings is 1. The van der Waals surface area contributed by atoms with E-state index in [2.05, 4.69) is 58.6 Å². The van der Waals surface area contributed by atoms with Crippen LogP contribution in [0.2, 0.25) is 0 Å². The van der Waals surface area contributed by atoms with Crippen molar-refractivity contribution in [3.63, 3.8) is 0 Å². The first-order valence-electron chi connectivity index (χ1n) is 12.4. The predicted molar refractivity (Wildman–Crippen MR) is 154 cm³/mol. The summed E-state index contributed by atoms with van der Waals surface area (Å²) in [6, 6.07) is 13.8. The number of hydrogen-bond donors (Lipinski definition) is 0. The molecule has 5 rings (SSSR count). The van der Waals surface area contributed by atoms with Crippen molar-refractivity contribution in [2.75, 3.05) is 25.6 Å². The number of ether oxygens (including phenoxy) is 1. The van der Waals surface area contributed by atoms with Crippen molar-refractivity contribution in [1.82, 2.24) is 9.13 Å². The van der Waals surface area contributed by atoms with E-state index < -0.39 is 12.0 Å². The lowest BCUT2D eigenvalue weighted by Crippen LogP contribution is -2.39. The number of esters is 1. The number of nitrogens with zero attached hydrogens (tertiary/aromatic N) is 4. The zero-order valence-electron chi connectivity index (χ0n) is 22.3. The molecule has 1 aromatic carbocycles. The highest BCUT2D eigenvalue weighted by Gasteiger charge is 2.33. The van der Waals surface area contributed by atoms with Gasteiger partial charge in [-0.15, -0.1) is 11.3 Å². The lowest BCUT2D eigenvalue weighted by atomic mass is 10.0. The number of carbonyl (C=O) groups is 1. The molecule has 196 valence electrons. The third-order valence-corrected chi connectivity index (χ3v) is 8.62. The van der Waals surface area contributed by atoms with Gasteiger partial charge in [0, 0.05) is 41.7 Å². The van der Waals surface area contributed by atoms with Gasteiger partial charge in [0.05, 0.1) is 22.4 Å². The van der Waals surface area contributed by atoms with E-state index >= 15 is 0 Å². The summed E-state index contributed by atoms with van der Waals surface area (Å²) >= 11 is 2.85. The second kappa shape index (κ2) is 10.2. The summed E-state index contributed by atoms with van der Waals surface area (Å²) in [7, 11) is 4.05. The first-order valence-corrected chi connectivity index (χ1v) is 14.1. The summed E-state index contributed by atoms with van der Waals surface area (Å²) < 4.78 is 9.76. The number of aromatic nitrogens is 2. The molecule has 4 heterocycles. The van der Waals surface area contributed by atoms with Crippen LogP contribution in [0.25, 0.3) is 11.8 Å². The molecule has 0 saturated heterocycles. The van der Waals surface area contributed by atoms with E-state index in [4.69, 9.17) is 4.74 Å². The average Bonchev–Trinajstić information content (AvgIpc) is 3.58. The Hall–Kier alpha value is -3.69. The molecule has 1 aliphatic rings. The summed E-state index contributed by atoms with van der Waals surface area (Å²) in [6.45, 7) is 7.96. The van der Waals surface area contributed by atoms with Crippen molar-refractivity contribution in [2.24, 2.45) is 4.99 Å². The van der Waals surface area contributed by atoms with Crippen molar-refractivity contribution < 1.29 is 9.53 Å². The molecule has 1 atom stereocenters. The predicted octanol–water partition coefficient (Wildman–Crippen LogP) is 4.33. The first kappa shape index (κ1) is 25.9. The van der Waals surface area contributed by atoms with Crippen LogP contribution in [0.15, 0.2) is 68.9 Å². The Morgan fingerprint density at radius 1 is 1.16 bits per heavy atom. The van der Waals surface area contributed by atoms with Crippen LogP contribution >= 0.6 is 22.7 Å². The van der Waals surface area contributed by atoms with Crippen molar-refractivity contribution in [3.8, 4) is 5.69 Å². The quantitative estimate of drug-likeness (QED) is 0.338. The molecule has 0 N–H and O–H groups in total. The van der Waals surface area contributed by atoms with Gasteiger partial charge in [-0.3, -0.25) is 9.36 Å². The number of hydrogen-bond acceptors (Lipinski definition) is 7. The van der Waals surface area contributed by atoms with Gasteiger partial charge in [-0.2, -0.15) is 0 Å². The Labute approximate surface area is 229 Å². The molecule has 7 nitrogen and oxygen atoms in total. The van der Waals surface area contributed by atoms with Gasteiger partial charge in [-0.05, 0) is 81.1 Å². The van der Waals surface area contributed by atoms with Gasteiger partial charge in [0.1, 0.15) is 6.04 Å². The number of fused-ring (bicyclic) bond motifs is 1. The monoisotopic (exact) mass is 546 g/mol. The van der Waals surface area contributed by atoms with Crippen LogP contribution in [0.1, 0.15) is 41.7 Å². The minimum absolute atomic E-state index is 0.165. The second-order valence-electron chi connectivity index (χ2n) is 9.39. The molecule has 1 aliphatic heterocycles. The molecule has 0 saturated carbocycles. The maximum atomic E-state index is 13.8. The smallest absolute Gasteiger partial charge is 0.338 e. The van der Waals surface area contributed by atoms with Gasteiger partial charge in [0.25, 0.3) is 5.56 Å². The molecule has 38 heavy (non-hydrogen) atoms. The molecule has 4 aromatic rings. The first-order chi connectivity index (χ1) is 18.2. The van der Waals surface area contributed by atoms with Crippen LogP contribution in [0, 0.1) is 13.8 Å². The Balaban J connectivity index is 1.63. The molecule has 9 heteroatoms. The fraction of sp³-hybridized carbons (Fsp3) is 0.276. The van der Waals surface area contributed by atoms with E-state index in [-0.39, 0.29) is 12.2 Å². The summed E-state index contributed by atoms with van der Waals surface area (Å²) in [4.78, 5) is 35.0. The topological polar surface area (TPSA) is 68.8 Å². The van der Waals surface area contributed by atoms with Crippen molar-refractivity contribution in [2.45, 2.75) is 33.7 Å². The van der Waals surface area contributed by atoms with Crippen LogP contribution in [-0.2, 0) is 9.53 Å². The molecule has 0 amide bonds. The standard InChI is InChI=1S/C29H30N4O3S2/c1-7-36-28(35)25-18(3)30-29-33(26(25)23-9-8-14-37-23)27(34)24(38-29)16-20-15-17(2)32(19(20)4)22-12-10-21(11-13-22)31(5)6/h8-16,26H,7H2,1-6H3/b24-16+/t26-/m1/s1. The summed E-state index contributed by atoms with van der Waals surface area (Å²) in [5, 5.41) is 1.95. The summed E-state index contributed by atoms with van der Waals surface area (Å²) in [5.74, 6) is -0.440. The molecule has 0 radical (unpaired) electrons. The van der Waals surface area contributed by atoms with E-state index in [9.17, 15) is 9.59 Å². The largest absolute Gasteiger partial charge is 0.463 e. The van der Waals surface area contributed by atoms with Crippen molar-refractivity contribution >= 4 is 40.4 Å². The number of anilines is 1. The number of aryl methyl sites for hydroxylation is 1. The number of benzene rings is 1. The van der Waals surface area contributed by atoms with Crippen LogP contribution in [0.5, 0.6) is 0 Å². The van der Waals surface area contributed by atoms with Crippen LogP contribution in [0.4, 0.5) is 5.69 Å². The molecule has 0 bridgehead atoms. The molecule has 3 aromatic heterocycles. The number of allylic oxidation sites excluding steroid dienone is 1. The van der Waals surface area contributed by atoms with E-state index in [1.165, 1.54) is 22.7 Å². The van der Waals surface area contributed by atoms with Crippen LogP contribution in [-0.4, -0.2) is 35.8 Å². The highest BCUT2D eigenvalue weighted by atomic mass is 32.1. The van der Waals surface area contributed by atoms with Gasteiger partial charge in [-0.25, -0.2) is 9.79 Å². The maximum Gasteiger partial charge on any atom is 0.338 e. The normalized spacial score (nSPS) is 15.4. The average molecular weight is 547 g/mol. The van der Waals surface area contributed by atoms with Crippen LogP contribution < -0.4 is 19.8 Å². The number of rotatable bonds is 6. The Bertz CT molecular complexity index is 1720. The van der Waals surface area contributed by atoms with Gasteiger partial charge < -0.3 is 14.2 Å². The van der Waals surface area contributed by atoms with Gasteiger partial charge in [0.15, 0.2) is 4.80 Å². The summed E-state index contributed by atoms with van der Waals surface area (Å²) in [5.41, 5.74) is 6.12. The Morgan fingerprint density at radius 2 is 1.89 bits per heavy atom. The maximum absolute atomic E-state index is 13.8. The lowest BCUT2D eigenvalue weighted by Gasteiger charge is -2.23. The van der Waals surface area contributed by atoms with Gasteiger partial charge in [0.2, 0.25) is 0 Å². The second-order valence-corrected chi connectivity index (χ2v) is 11.4. The molecule has 0 fully saturated rings. The molecular weight excluding hydrogens is 516 g/mol. The summed E-state index contributed by atoms with van der Waals surface area (Å²) in [6.07, 6.45) is 1.94. The minimum atomic E-state index is -0.560. The fourth-order valence-electron chi connectivity index (χ4n) is 4.88. The highest BCUT2D eigenvalue weighted by molar-refractivity contribution is 7.10. The fourth-order valence-corrected chi connectivity index (χ4v) is 6.74. The third-order valence-electron chi connectivity index (χ3n) is 6.71. The van der Waals surface area contributed by atoms with Gasteiger partial charge >= 0.3 is 5.97 Å². The van der Waals surface area contributed by atoms with E-state index in [1.807, 2.05) is 37.7 Å².